The molecule has 0 saturated heterocycles. The molecule has 0 spiro atoms. The first-order valence-electron chi connectivity index (χ1n) is 5.37. The lowest BCUT2D eigenvalue weighted by molar-refractivity contribution is 0.428. The highest BCUT2D eigenvalue weighted by molar-refractivity contribution is 5.77. The molecule has 0 amide bonds. The summed E-state index contributed by atoms with van der Waals surface area (Å²) >= 11 is 0. The Morgan fingerprint density at radius 1 is 1.40 bits per heavy atom. The zero-order valence-corrected chi connectivity index (χ0v) is 8.57. The maximum Gasteiger partial charge on any atom is 0.131 e. The van der Waals surface area contributed by atoms with Crippen molar-refractivity contribution in [2.24, 2.45) is 5.73 Å². The average Bonchev–Trinajstić information content (AvgIpc) is 2.80. The van der Waals surface area contributed by atoms with E-state index in [0.29, 0.717) is 0 Å². The minimum Gasteiger partial charge on any atom is -0.364 e. The summed E-state index contributed by atoms with van der Waals surface area (Å²) in [5.74, 6) is 0. The third-order valence-corrected chi connectivity index (χ3v) is 3.23. The van der Waals surface area contributed by atoms with Crippen LogP contribution in [0.1, 0.15) is 24.8 Å². The molecule has 3 rings (SSSR count). The maximum atomic E-state index is 6.05. The molecule has 0 radical (unpaired) electrons. The van der Waals surface area contributed by atoms with E-state index in [4.69, 9.17) is 10.3 Å². The smallest absolute Gasteiger partial charge is 0.131 e. The number of nitrogens with two attached hydrogens (primary N) is 1. The van der Waals surface area contributed by atoms with Gasteiger partial charge in [0.05, 0.1) is 0 Å². The van der Waals surface area contributed by atoms with Gasteiger partial charge in [0.25, 0.3) is 0 Å². The van der Waals surface area contributed by atoms with Crippen LogP contribution in [0.15, 0.2) is 29.0 Å². The first-order chi connectivity index (χ1) is 7.25. The third kappa shape index (κ3) is 1.75. The predicted molar refractivity (Wildman–Crippen MR) is 58.5 cm³/mol. The van der Waals surface area contributed by atoms with Gasteiger partial charge in [-0.2, -0.15) is 0 Å². The highest BCUT2D eigenvalue weighted by Gasteiger charge is 2.37. The van der Waals surface area contributed by atoms with Crippen LogP contribution in [0.2, 0.25) is 0 Å². The van der Waals surface area contributed by atoms with Gasteiger partial charge in [0.15, 0.2) is 0 Å². The number of benzene rings is 1. The summed E-state index contributed by atoms with van der Waals surface area (Å²) in [6.07, 6.45) is 6.15. The second-order valence-electron chi connectivity index (χ2n) is 4.57. The molecule has 3 nitrogen and oxygen atoms in total. The number of hydrogen-bond donors (Lipinski definition) is 1. The molecular formula is C12H14N2O. The Kier molecular flexibility index (Phi) is 1.83. The van der Waals surface area contributed by atoms with E-state index in [1.54, 1.807) is 6.26 Å². The minimum absolute atomic E-state index is 0.138. The van der Waals surface area contributed by atoms with Crippen molar-refractivity contribution in [2.75, 3.05) is 0 Å². The summed E-state index contributed by atoms with van der Waals surface area (Å²) in [4.78, 5) is 0. The first kappa shape index (κ1) is 8.92. The van der Waals surface area contributed by atoms with Crippen LogP contribution in [-0.4, -0.2) is 10.7 Å². The van der Waals surface area contributed by atoms with Crippen molar-refractivity contribution >= 4 is 10.9 Å². The van der Waals surface area contributed by atoms with Crippen molar-refractivity contribution in [3.8, 4) is 0 Å². The number of nitrogens with zero attached hydrogens (tertiary/aromatic N) is 1. The first-order valence-corrected chi connectivity index (χ1v) is 5.37. The van der Waals surface area contributed by atoms with Crippen LogP contribution in [0.5, 0.6) is 0 Å². The van der Waals surface area contributed by atoms with E-state index in [0.717, 1.165) is 23.7 Å². The molecule has 0 atom stereocenters. The van der Waals surface area contributed by atoms with Crippen molar-refractivity contribution in [3.63, 3.8) is 0 Å². The van der Waals surface area contributed by atoms with E-state index in [1.807, 2.05) is 0 Å². The summed E-state index contributed by atoms with van der Waals surface area (Å²) in [7, 11) is 0. The quantitative estimate of drug-likeness (QED) is 0.830. The second kappa shape index (κ2) is 3.07. The van der Waals surface area contributed by atoms with Crippen molar-refractivity contribution in [2.45, 2.75) is 31.2 Å². The lowest BCUT2D eigenvalue weighted by atomic mass is 10.0. The Bertz CT molecular complexity index is 485. The normalized spacial score (nSPS) is 18.2. The summed E-state index contributed by atoms with van der Waals surface area (Å²) in [6.45, 7) is 0. The van der Waals surface area contributed by atoms with E-state index in [1.165, 1.54) is 18.4 Å². The van der Waals surface area contributed by atoms with Crippen LogP contribution in [0.25, 0.3) is 10.9 Å². The Morgan fingerprint density at radius 2 is 2.27 bits per heavy atom. The second-order valence-corrected chi connectivity index (χ2v) is 4.57. The molecule has 1 aliphatic rings. The molecule has 1 heterocycles. The Labute approximate surface area is 88.2 Å². The summed E-state index contributed by atoms with van der Waals surface area (Å²) in [5.41, 5.74) is 8.43. The molecule has 3 heteroatoms. The van der Waals surface area contributed by atoms with Gasteiger partial charge in [0.1, 0.15) is 11.8 Å². The van der Waals surface area contributed by atoms with Crippen LogP contribution in [0, 0.1) is 0 Å². The van der Waals surface area contributed by atoms with Gasteiger partial charge in [0.2, 0.25) is 0 Å². The molecule has 1 fully saturated rings. The molecule has 15 heavy (non-hydrogen) atoms. The maximum absolute atomic E-state index is 6.05. The van der Waals surface area contributed by atoms with Crippen LogP contribution in [-0.2, 0) is 6.42 Å². The zero-order valence-electron chi connectivity index (χ0n) is 8.57. The van der Waals surface area contributed by atoms with Crippen LogP contribution in [0.4, 0.5) is 0 Å². The van der Waals surface area contributed by atoms with Gasteiger partial charge in [-0.15, -0.1) is 0 Å². The fourth-order valence-electron chi connectivity index (χ4n) is 1.87. The van der Waals surface area contributed by atoms with Gasteiger partial charge in [-0.1, -0.05) is 11.2 Å². The van der Waals surface area contributed by atoms with Gasteiger partial charge in [-0.25, -0.2) is 0 Å². The average molecular weight is 202 g/mol. The lowest BCUT2D eigenvalue weighted by Crippen LogP contribution is -2.22. The standard InChI is InChI=1S/C12H14N2O/c13-12(5-6-12)4-3-9-1-2-10-8-15-14-11(10)7-9/h1-2,7-8H,3-6,13H2. The lowest BCUT2D eigenvalue weighted by Gasteiger charge is -2.07. The summed E-state index contributed by atoms with van der Waals surface area (Å²) in [5, 5.41) is 5.00. The van der Waals surface area contributed by atoms with Crippen molar-refractivity contribution in [3.05, 3.63) is 30.0 Å². The molecule has 2 aromatic rings. The van der Waals surface area contributed by atoms with Crippen molar-refractivity contribution < 1.29 is 4.52 Å². The number of aryl methyl sites for hydroxylation is 1. The van der Waals surface area contributed by atoms with E-state index < -0.39 is 0 Å². The number of fused-ring (bicyclic) bond motifs is 1. The molecule has 0 aliphatic heterocycles. The monoisotopic (exact) mass is 202 g/mol. The van der Waals surface area contributed by atoms with E-state index >= 15 is 0 Å². The van der Waals surface area contributed by atoms with E-state index in [9.17, 15) is 0 Å². The Hall–Kier alpha value is -1.35. The molecule has 1 saturated carbocycles. The van der Waals surface area contributed by atoms with E-state index in [2.05, 4.69) is 23.4 Å². The van der Waals surface area contributed by atoms with Gasteiger partial charge in [0, 0.05) is 10.9 Å². The molecule has 0 bridgehead atoms. The minimum atomic E-state index is 0.138. The molecule has 78 valence electrons. The van der Waals surface area contributed by atoms with Gasteiger partial charge < -0.3 is 10.3 Å². The largest absolute Gasteiger partial charge is 0.364 e. The highest BCUT2D eigenvalue weighted by Crippen LogP contribution is 2.36. The SMILES string of the molecule is NC1(CCc2ccc3conc3c2)CC1. The molecule has 1 aromatic carbocycles. The Balaban J connectivity index is 1.78. The van der Waals surface area contributed by atoms with Crippen molar-refractivity contribution in [1.29, 1.82) is 0 Å². The Morgan fingerprint density at radius 3 is 3.07 bits per heavy atom. The van der Waals surface area contributed by atoms with Crippen molar-refractivity contribution in [1.82, 2.24) is 5.16 Å². The fourth-order valence-corrected chi connectivity index (χ4v) is 1.87. The number of hydrogen-bond acceptors (Lipinski definition) is 3. The van der Waals surface area contributed by atoms with Gasteiger partial charge in [-0.3, -0.25) is 0 Å². The predicted octanol–water partition coefficient (Wildman–Crippen LogP) is 2.25. The third-order valence-electron chi connectivity index (χ3n) is 3.23. The van der Waals surface area contributed by atoms with Gasteiger partial charge in [-0.05, 0) is 43.4 Å². The van der Waals surface area contributed by atoms with Crippen LogP contribution in [0.3, 0.4) is 0 Å². The fraction of sp³-hybridized carbons (Fsp3) is 0.417. The summed E-state index contributed by atoms with van der Waals surface area (Å²) in [6, 6.07) is 6.27. The van der Waals surface area contributed by atoms with E-state index in [-0.39, 0.29) is 5.54 Å². The highest BCUT2D eigenvalue weighted by atomic mass is 16.5. The topological polar surface area (TPSA) is 52.0 Å². The molecule has 1 aromatic heterocycles. The van der Waals surface area contributed by atoms with Crippen LogP contribution < -0.4 is 5.73 Å². The molecule has 2 N–H and O–H groups in total. The molecular weight excluding hydrogens is 188 g/mol. The van der Waals surface area contributed by atoms with Gasteiger partial charge >= 0.3 is 0 Å². The number of aromatic nitrogens is 1. The zero-order chi connectivity index (χ0) is 10.3. The molecule has 1 aliphatic carbocycles. The van der Waals surface area contributed by atoms with Crippen LogP contribution >= 0.6 is 0 Å². The summed E-state index contributed by atoms with van der Waals surface area (Å²) < 4.78 is 4.90. The number of rotatable bonds is 3. The molecule has 0 unspecified atom stereocenters.